The molecule has 196 valence electrons. The lowest BCUT2D eigenvalue weighted by molar-refractivity contribution is 0.102. The first-order chi connectivity index (χ1) is 18.4. The number of benzene rings is 4. The second-order valence-electron chi connectivity index (χ2n) is 8.80. The summed E-state index contributed by atoms with van der Waals surface area (Å²) in [4.78, 5) is 13.8. The van der Waals surface area contributed by atoms with Gasteiger partial charge < -0.3 is 10.1 Å². The van der Waals surface area contributed by atoms with Gasteiger partial charge in [0, 0.05) is 5.69 Å². The first kappa shape index (κ1) is 26.9. The van der Waals surface area contributed by atoms with E-state index in [0.717, 1.165) is 35.2 Å². The van der Waals surface area contributed by atoms with Crippen molar-refractivity contribution in [3.63, 3.8) is 0 Å². The minimum absolute atomic E-state index is 0.0608. The molecule has 1 amide bonds. The fraction of sp³-hybridized carbons (Fsp3) is 0.194. The van der Waals surface area contributed by atoms with Crippen LogP contribution in [0.3, 0.4) is 0 Å². The van der Waals surface area contributed by atoms with E-state index in [1.165, 1.54) is 23.5 Å². The number of sulfonamides is 1. The zero-order valence-corrected chi connectivity index (χ0v) is 22.7. The van der Waals surface area contributed by atoms with Crippen LogP contribution in [0.2, 0.25) is 0 Å². The third kappa shape index (κ3) is 5.73. The Labute approximate surface area is 225 Å². The van der Waals surface area contributed by atoms with E-state index < -0.39 is 10.0 Å². The Morgan fingerprint density at radius 3 is 2.00 bits per heavy atom. The fourth-order valence-corrected chi connectivity index (χ4v) is 5.86. The van der Waals surface area contributed by atoms with E-state index in [-0.39, 0.29) is 22.9 Å². The molecule has 0 aliphatic carbocycles. The van der Waals surface area contributed by atoms with Crippen molar-refractivity contribution in [1.82, 2.24) is 0 Å². The number of hydrogen-bond acceptors (Lipinski definition) is 4. The van der Waals surface area contributed by atoms with Gasteiger partial charge in [0.1, 0.15) is 5.75 Å². The summed E-state index contributed by atoms with van der Waals surface area (Å²) in [6.07, 6.45) is 1.52. The van der Waals surface area contributed by atoms with Gasteiger partial charge in [0.25, 0.3) is 15.9 Å². The summed E-state index contributed by atoms with van der Waals surface area (Å²) in [5.41, 5.74) is 4.21. The summed E-state index contributed by atoms with van der Waals surface area (Å²) in [5.74, 6) is 0.193. The SMILES string of the molecule is CCc1cccc(CC)c1NC(=O)c1ccccc1N(Cc1ccccc1)S(=O)(=O)c1ccc(OC)cc1. The number of methoxy groups -OCH3 is 1. The predicted octanol–water partition coefficient (Wildman–Crippen LogP) is 6.47. The number of nitrogens with one attached hydrogen (secondary N) is 1. The molecule has 38 heavy (non-hydrogen) atoms. The van der Waals surface area contributed by atoms with Crippen LogP contribution in [0.25, 0.3) is 0 Å². The Hall–Kier alpha value is -4.10. The lowest BCUT2D eigenvalue weighted by Crippen LogP contribution is -2.32. The van der Waals surface area contributed by atoms with Crippen molar-refractivity contribution < 1.29 is 17.9 Å². The van der Waals surface area contributed by atoms with Gasteiger partial charge in [-0.15, -0.1) is 0 Å². The molecule has 1 N–H and O–H groups in total. The van der Waals surface area contributed by atoms with Gasteiger partial charge in [-0.2, -0.15) is 0 Å². The highest BCUT2D eigenvalue weighted by molar-refractivity contribution is 7.92. The molecule has 0 atom stereocenters. The van der Waals surface area contributed by atoms with Crippen LogP contribution in [0.5, 0.6) is 5.75 Å². The van der Waals surface area contributed by atoms with Crippen LogP contribution in [0.4, 0.5) is 11.4 Å². The monoisotopic (exact) mass is 528 g/mol. The molecule has 0 saturated carbocycles. The summed E-state index contributed by atoms with van der Waals surface area (Å²) in [6, 6.07) is 28.4. The maximum atomic E-state index is 14.0. The number of amides is 1. The van der Waals surface area contributed by atoms with Crippen LogP contribution in [-0.2, 0) is 29.4 Å². The summed E-state index contributed by atoms with van der Waals surface area (Å²) in [5, 5.41) is 3.09. The Kier molecular flexibility index (Phi) is 8.48. The maximum Gasteiger partial charge on any atom is 0.264 e. The lowest BCUT2D eigenvalue weighted by Gasteiger charge is -2.27. The number of carbonyl (C=O) groups is 1. The van der Waals surface area contributed by atoms with Gasteiger partial charge in [0.2, 0.25) is 0 Å². The van der Waals surface area contributed by atoms with Crippen LogP contribution in [-0.4, -0.2) is 21.4 Å². The third-order valence-electron chi connectivity index (χ3n) is 6.47. The van der Waals surface area contributed by atoms with Gasteiger partial charge >= 0.3 is 0 Å². The molecule has 0 heterocycles. The van der Waals surface area contributed by atoms with Gasteiger partial charge in [-0.05, 0) is 65.9 Å². The highest BCUT2D eigenvalue weighted by atomic mass is 32.2. The molecule has 0 bridgehead atoms. The second kappa shape index (κ2) is 12.0. The van der Waals surface area contributed by atoms with Crippen molar-refractivity contribution in [1.29, 1.82) is 0 Å². The highest BCUT2D eigenvalue weighted by Gasteiger charge is 2.29. The van der Waals surface area contributed by atoms with E-state index in [1.54, 1.807) is 36.4 Å². The highest BCUT2D eigenvalue weighted by Crippen LogP contribution is 2.31. The minimum Gasteiger partial charge on any atom is -0.497 e. The number of ether oxygens (including phenoxy) is 1. The average molecular weight is 529 g/mol. The summed E-state index contributed by atoms with van der Waals surface area (Å²) in [7, 11) is -2.51. The Morgan fingerprint density at radius 2 is 1.39 bits per heavy atom. The smallest absolute Gasteiger partial charge is 0.264 e. The molecule has 0 spiro atoms. The van der Waals surface area contributed by atoms with Gasteiger partial charge in [0.05, 0.1) is 29.8 Å². The number of aryl methyl sites for hydroxylation is 2. The van der Waals surface area contributed by atoms with Crippen molar-refractivity contribution in [2.45, 2.75) is 38.1 Å². The van der Waals surface area contributed by atoms with Gasteiger partial charge in [-0.1, -0.05) is 74.5 Å². The molecule has 0 aliphatic heterocycles. The zero-order valence-electron chi connectivity index (χ0n) is 21.8. The molecule has 4 aromatic carbocycles. The van der Waals surface area contributed by atoms with E-state index in [0.29, 0.717) is 11.4 Å². The first-order valence-corrected chi connectivity index (χ1v) is 14.0. The number of anilines is 2. The van der Waals surface area contributed by atoms with E-state index >= 15 is 0 Å². The molecule has 4 aromatic rings. The molecule has 0 fully saturated rings. The van der Waals surface area contributed by atoms with E-state index in [1.807, 2.05) is 62.4 Å². The van der Waals surface area contributed by atoms with Crippen LogP contribution < -0.4 is 14.4 Å². The molecule has 0 saturated heterocycles. The molecular formula is C31H32N2O4S. The quantitative estimate of drug-likeness (QED) is 0.256. The number of para-hydroxylation sites is 2. The van der Waals surface area contributed by atoms with Gasteiger partial charge in [0.15, 0.2) is 0 Å². The molecular weight excluding hydrogens is 496 g/mol. The molecule has 7 heteroatoms. The van der Waals surface area contributed by atoms with Crippen molar-refractivity contribution in [2.24, 2.45) is 0 Å². The van der Waals surface area contributed by atoms with Crippen LogP contribution in [0, 0.1) is 0 Å². The maximum absolute atomic E-state index is 14.0. The number of carbonyl (C=O) groups excluding carboxylic acids is 1. The van der Waals surface area contributed by atoms with E-state index in [4.69, 9.17) is 4.74 Å². The number of rotatable bonds is 10. The first-order valence-electron chi connectivity index (χ1n) is 12.6. The molecule has 4 rings (SSSR count). The molecule has 6 nitrogen and oxygen atoms in total. The van der Waals surface area contributed by atoms with Crippen LogP contribution in [0.1, 0.15) is 40.9 Å². The summed E-state index contributed by atoms with van der Waals surface area (Å²) >= 11 is 0. The van der Waals surface area contributed by atoms with Crippen molar-refractivity contribution in [2.75, 3.05) is 16.7 Å². The summed E-state index contributed by atoms with van der Waals surface area (Å²) in [6.45, 7) is 4.15. The van der Waals surface area contributed by atoms with Gasteiger partial charge in [-0.3, -0.25) is 9.10 Å². The topological polar surface area (TPSA) is 75.7 Å². The lowest BCUT2D eigenvalue weighted by atomic mass is 10.0. The average Bonchev–Trinajstić information content (AvgIpc) is 2.96. The van der Waals surface area contributed by atoms with E-state index in [2.05, 4.69) is 5.32 Å². The number of hydrogen-bond donors (Lipinski definition) is 1. The normalized spacial score (nSPS) is 11.1. The molecule has 0 aliphatic rings. The van der Waals surface area contributed by atoms with Crippen molar-refractivity contribution >= 4 is 27.3 Å². The van der Waals surface area contributed by atoms with E-state index in [9.17, 15) is 13.2 Å². The largest absolute Gasteiger partial charge is 0.497 e. The molecule has 0 radical (unpaired) electrons. The molecule has 0 unspecified atom stereocenters. The Balaban J connectivity index is 1.80. The Bertz CT molecular complexity index is 1480. The van der Waals surface area contributed by atoms with Crippen LogP contribution in [0.15, 0.2) is 102 Å². The van der Waals surface area contributed by atoms with Crippen molar-refractivity contribution in [3.8, 4) is 5.75 Å². The predicted molar refractivity (Wildman–Crippen MR) is 152 cm³/mol. The van der Waals surface area contributed by atoms with Crippen molar-refractivity contribution in [3.05, 3.63) is 119 Å². The zero-order chi connectivity index (χ0) is 27.1. The minimum atomic E-state index is -4.03. The third-order valence-corrected chi connectivity index (χ3v) is 8.25. The fourth-order valence-electron chi connectivity index (χ4n) is 4.39. The molecule has 0 aromatic heterocycles. The summed E-state index contributed by atoms with van der Waals surface area (Å²) < 4.78 is 34.6. The second-order valence-corrected chi connectivity index (χ2v) is 10.7. The standard InChI is InChI=1S/C31H32N2O4S/c1-4-24-14-11-15-25(5-2)30(24)32-31(34)28-16-9-10-17-29(28)33(22-23-12-7-6-8-13-23)38(35,36)27-20-18-26(37-3)19-21-27/h6-21H,4-5,22H2,1-3H3,(H,32,34). The number of nitrogens with zero attached hydrogens (tertiary/aromatic N) is 1. The van der Waals surface area contributed by atoms with Gasteiger partial charge in [-0.25, -0.2) is 8.42 Å². The van der Waals surface area contributed by atoms with Crippen LogP contribution >= 0.6 is 0 Å². The Morgan fingerprint density at radius 1 is 0.789 bits per heavy atom.